The van der Waals surface area contributed by atoms with Crippen LogP contribution in [-0.4, -0.2) is 19.0 Å². The van der Waals surface area contributed by atoms with Crippen molar-refractivity contribution in [3.63, 3.8) is 0 Å². The highest BCUT2D eigenvalue weighted by Gasteiger charge is 2.44. The molecule has 0 saturated heterocycles. The number of carbonyl (C=O) groups is 2. The molecule has 0 fully saturated rings. The zero-order chi connectivity index (χ0) is 18.4. The number of fused-ring (bicyclic) bond motifs is 1. The van der Waals surface area contributed by atoms with Crippen LogP contribution in [-0.2, 0) is 27.5 Å². The molecular formula is C17H14F3NO4. The Morgan fingerprint density at radius 2 is 2.00 bits per heavy atom. The second-order valence-corrected chi connectivity index (χ2v) is 5.98. The van der Waals surface area contributed by atoms with Gasteiger partial charge in [-0.15, -0.1) is 0 Å². The maximum atomic E-state index is 12.8. The van der Waals surface area contributed by atoms with Crippen LogP contribution < -0.4 is 5.32 Å². The Balaban J connectivity index is 1.94. The Kier molecular flexibility index (Phi) is 3.85. The summed E-state index contributed by atoms with van der Waals surface area (Å²) in [6, 6.07) is 6.11. The fourth-order valence-electron chi connectivity index (χ4n) is 2.89. The topological polar surface area (TPSA) is 68.5 Å². The van der Waals surface area contributed by atoms with E-state index in [4.69, 9.17) is 4.42 Å². The zero-order valence-corrected chi connectivity index (χ0v) is 13.4. The van der Waals surface area contributed by atoms with Crippen LogP contribution in [0, 0.1) is 0 Å². The van der Waals surface area contributed by atoms with E-state index in [0.29, 0.717) is 11.3 Å². The molecule has 0 radical (unpaired) electrons. The minimum absolute atomic E-state index is 0.00727. The average Bonchev–Trinajstić information content (AvgIpc) is 3.09. The van der Waals surface area contributed by atoms with E-state index in [0.717, 1.165) is 12.1 Å². The van der Waals surface area contributed by atoms with E-state index in [-0.39, 0.29) is 17.9 Å². The summed E-state index contributed by atoms with van der Waals surface area (Å²) in [6.45, 7) is 1.61. The second kappa shape index (κ2) is 5.65. The number of ether oxygens (including phenoxy) is 1. The van der Waals surface area contributed by atoms with Crippen molar-refractivity contribution in [1.29, 1.82) is 0 Å². The van der Waals surface area contributed by atoms with E-state index < -0.39 is 29.0 Å². The molecule has 132 valence electrons. The highest BCUT2D eigenvalue weighted by Crippen LogP contribution is 2.43. The normalized spacial score (nSPS) is 19.5. The number of amides is 1. The van der Waals surface area contributed by atoms with E-state index in [9.17, 15) is 22.8 Å². The molecule has 1 aromatic carbocycles. The molecule has 0 bridgehead atoms. The molecule has 8 heteroatoms. The van der Waals surface area contributed by atoms with Gasteiger partial charge in [0.2, 0.25) is 11.7 Å². The monoisotopic (exact) mass is 353 g/mol. The van der Waals surface area contributed by atoms with Gasteiger partial charge >= 0.3 is 12.1 Å². The first-order valence-electron chi connectivity index (χ1n) is 7.35. The van der Waals surface area contributed by atoms with Crippen molar-refractivity contribution in [3.05, 3.63) is 53.0 Å². The fourth-order valence-corrected chi connectivity index (χ4v) is 2.89. The predicted octanol–water partition coefficient (Wildman–Crippen LogP) is 3.54. The molecule has 25 heavy (non-hydrogen) atoms. The van der Waals surface area contributed by atoms with Crippen molar-refractivity contribution < 1.29 is 31.9 Å². The number of benzene rings is 1. The largest absolute Gasteiger partial charge is 0.463 e. The number of hydrogen-bond donors (Lipinski definition) is 1. The summed E-state index contributed by atoms with van der Waals surface area (Å²) in [5, 5.41) is 2.49. The lowest BCUT2D eigenvalue weighted by molar-refractivity contribution is -0.137. The molecule has 0 spiro atoms. The Morgan fingerprint density at radius 1 is 1.28 bits per heavy atom. The molecule has 2 heterocycles. The van der Waals surface area contributed by atoms with E-state index in [1.807, 2.05) is 0 Å². The number of rotatable bonds is 3. The molecule has 1 aromatic heterocycles. The standard InChI is InChI=1S/C17H14F3NO4/c1-16(8-10-4-6-13(25-10)14(22)24-2)11-5-3-9(17(18,19)20)7-12(11)21-15(16)23/h3-7H,8H2,1-2H3,(H,21,23). The van der Waals surface area contributed by atoms with Crippen molar-refractivity contribution in [2.75, 3.05) is 12.4 Å². The van der Waals surface area contributed by atoms with Crippen molar-refractivity contribution >= 4 is 17.6 Å². The van der Waals surface area contributed by atoms with Gasteiger partial charge < -0.3 is 14.5 Å². The van der Waals surface area contributed by atoms with Crippen molar-refractivity contribution in [1.82, 2.24) is 0 Å². The molecule has 1 unspecified atom stereocenters. The van der Waals surface area contributed by atoms with E-state index in [2.05, 4.69) is 10.1 Å². The molecule has 1 amide bonds. The number of halogens is 3. The number of nitrogens with one attached hydrogen (secondary N) is 1. The molecule has 1 atom stereocenters. The van der Waals surface area contributed by atoms with Gasteiger partial charge in [-0.2, -0.15) is 13.2 Å². The molecule has 3 rings (SSSR count). The van der Waals surface area contributed by atoms with Gasteiger partial charge in [0.1, 0.15) is 5.76 Å². The van der Waals surface area contributed by atoms with Gasteiger partial charge in [0.15, 0.2) is 0 Å². The van der Waals surface area contributed by atoms with Crippen LogP contribution in [0.2, 0.25) is 0 Å². The molecule has 1 aliphatic heterocycles. The van der Waals surface area contributed by atoms with Crippen LogP contribution in [0.25, 0.3) is 0 Å². The van der Waals surface area contributed by atoms with Gasteiger partial charge in [0.25, 0.3) is 0 Å². The second-order valence-electron chi connectivity index (χ2n) is 5.98. The molecular weight excluding hydrogens is 339 g/mol. The maximum Gasteiger partial charge on any atom is 0.416 e. The number of alkyl halides is 3. The summed E-state index contributed by atoms with van der Waals surface area (Å²) < 4.78 is 48.4. The van der Waals surface area contributed by atoms with Crippen molar-refractivity contribution in [2.24, 2.45) is 0 Å². The SMILES string of the molecule is COC(=O)c1ccc(CC2(C)C(=O)Nc3cc(C(F)(F)F)ccc32)o1. The predicted molar refractivity (Wildman–Crippen MR) is 81.2 cm³/mol. The first kappa shape index (κ1) is 17.1. The van der Waals surface area contributed by atoms with Crippen LogP contribution in [0.15, 0.2) is 34.7 Å². The lowest BCUT2D eigenvalue weighted by Gasteiger charge is -2.21. The number of hydrogen-bond acceptors (Lipinski definition) is 4. The Bertz CT molecular complexity index is 856. The Labute approximate surface area is 140 Å². The number of esters is 1. The van der Waals surface area contributed by atoms with Gasteiger partial charge in [-0.3, -0.25) is 4.79 Å². The van der Waals surface area contributed by atoms with E-state index in [1.165, 1.54) is 25.3 Å². The van der Waals surface area contributed by atoms with Gasteiger partial charge in [-0.25, -0.2) is 4.79 Å². The average molecular weight is 353 g/mol. The number of methoxy groups -OCH3 is 1. The van der Waals surface area contributed by atoms with Crippen LogP contribution in [0.3, 0.4) is 0 Å². The number of anilines is 1. The Hall–Kier alpha value is -2.77. The summed E-state index contributed by atoms with van der Waals surface area (Å²) in [4.78, 5) is 23.8. The highest BCUT2D eigenvalue weighted by atomic mass is 19.4. The summed E-state index contributed by atoms with van der Waals surface area (Å²) in [5.74, 6) is -0.738. The quantitative estimate of drug-likeness (QED) is 0.857. The Morgan fingerprint density at radius 3 is 2.64 bits per heavy atom. The summed E-state index contributed by atoms with van der Waals surface area (Å²) in [7, 11) is 1.21. The van der Waals surface area contributed by atoms with E-state index in [1.54, 1.807) is 6.92 Å². The third-order valence-corrected chi connectivity index (χ3v) is 4.27. The van der Waals surface area contributed by atoms with Gasteiger partial charge in [0.05, 0.1) is 18.1 Å². The summed E-state index contributed by atoms with van der Waals surface area (Å²) >= 11 is 0. The number of furan rings is 1. The van der Waals surface area contributed by atoms with Crippen LogP contribution >= 0.6 is 0 Å². The maximum absolute atomic E-state index is 12.8. The molecule has 1 N–H and O–H groups in total. The van der Waals surface area contributed by atoms with Gasteiger partial charge in [0, 0.05) is 12.1 Å². The molecule has 5 nitrogen and oxygen atoms in total. The molecule has 0 saturated carbocycles. The van der Waals surface area contributed by atoms with Crippen LogP contribution in [0.1, 0.15) is 34.4 Å². The van der Waals surface area contributed by atoms with E-state index >= 15 is 0 Å². The van der Waals surface area contributed by atoms with Crippen molar-refractivity contribution in [2.45, 2.75) is 24.9 Å². The first-order valence-corrected chi connectivity index (χ1v) is 7.35. The summed E-state index contributed by atoms with van der Waals surface area (Å²) in [5.41, 5.74) is -1.37. The van der Waals surface area contributed by atoms with Crippen molar-refractivity contribution in [3.8, 4) is 0 Å². The van der Waals surface area contributed by atoms with Crippen LogP contribution in [0.5, 0.6) is 0 Å². The summed E-state index contributed by atoms with van der Waals surface area (Å²) in [6.07, 6.45) is -4.40. The zero-order valence-electron chi connectivity index (χ0n) is 13.4. The lowest BCUT2D eigenvalue weighted by Crippen LogP contribution is -2.33. The molecule has 2 aromatic rings. The molecule has 0 aliphatic carbocycles. The minimum atomic E-state index is -4.49. The minimum Gasteiger partial charge on any atom is -0.463 e. The van der Waals surface area contributed by atoms with Gasteiger partial charge in [-0.05, 0) is 36.8 Å². The first-order chi connectivity index (χ1) is 11.6. The lowest BCUT2D eigenvalue weighted by atomic mass is 9.79. The molecule has 1 aliphatic rings. The number of carbonyl (C=O) groups excluding carboxylic acids is 2. The van der Waals surface area contributed by atoms with Gasteiger partial charge in [-0.1, -0.05) is 6.07 Å². The smallest absolute Gasteiger partial charge is 0.416 e. The third kappa shape index (κ3) is 2.88. The fraction of sp³-hybridized carbons (Fsp3) is 0.294. The highest BCUT2D eigenvalue weighted by molar-refractivity contribution is 6.06. The third-order valence-electron chi connectivity index (χ3n) is 4.27. The van der Waals surface area contributed by atoms with Crippen LogP contribution in [0.4, 0.5) is 18.9 Å².